The van der Waals surface area contributed by atoms with Crippen LogP contribution in [-0.4, -0.2) is 27.5 Å². The van der Waals surface area contributed by atoms with E-state index < -0.39 is 10.0 Å². The molecule has 0 aliphatic carbocycles. The molecule has 0 saturated heterocycles. The average Bonchev–Trinajstić information content (AvgIpc) is 3.38. The van der Waals surface area contributed by atoms with Crippen LogP contribution in [0.15, 0.2) is 64.9 Å². The highest BCUT2D eigenvalue weighted by atomic mass is 32.2. The number of thiophene rings is 1. The van der Waals surface area contributed by atoms with Crippen LogP contribution in [0.5, 0.6) is 5.75 Å². The fraction of sp³-hybridized carbons (Fsp3) is 0.190. The number of nitrogens with one attached hydrogen (secondary N) is 1. The zero-order valence-electron chi connectivity index (χ0n) is 15.8. The molecule has 29 heavy (non-hydrogen) atoms. The van der Waals surface area contributed by atoms with E-state index in [2.05, 4.69) is 4.72 Å². The predicted molar refractivity (Wildman–Crippen MR) is 115 cm³/mol. The van der Waals surface area contributed by atoms with Gasteiger partial charge in [-0.05, 0) is 54.6 Å². The van der Waals surface area contributed by atoms with Crippen LogP contribution in [0.25, 0.3) is 0 Å². The van der Waals surface area contributed by atoms with Gasteiger partial charge >= 0.3 is 0 Å². The van der Waals surface area contributed by atoms with E-state index in [1.165, 1.54) is 17.4 Å². The first-order valence-corrected chi connectivity index (χ1v) is 11.6. The molecule has 8 heteroatoms. The number of sulfonamides is 1. The van der Waals surface area contributed by atoms with Gasteiger partial charge in [0.25, 0.3) is 15.9 Å². The Balaban J connectivity index is 1.63. The molecule has 3 aromatic rings. The molecular formula is C21H20N2O4S2. The van der Waals surface area contributed by atoms with Crippen molar-refractivity contribution in [3.05, 3.63) is 70.4 Å². The third-order valence-electron chi connectivity index (χ3n) is 4.65. The Hall–Kier alpha value is -2.84. The Labute approximate surface area is 173 Å². The van der Waals surface area contributed by atoms with Crippen molar-refractivity contribution in [2.45, 2.75) is 18.2 Å². The third kappa shape index (κ3) is 3.86. The van der Waals surface area contributed by atoms with Gasteiger partial charge in [0.15, 0.2) is 0 Å². The van der Waals surface area contributed by atoms with Crippen LogP contribution in [-0.2, 0) is 16.4 Å². The van der Waals surface area contributed by atoms with Gasteiger partial charge in [-0.15, -0.1) is 11.3 Å². The lowest BCUT2D eigenvalue weighted by Crippen LogP contribution is -2.28. The summed E-state index contributed by atoms with van der Waals surface area (Å²) in [5, 5.41) is 1.87. The standard InChI is InChI=1S/C21H20N2O4S2/c1-2-27-18-6-3-4-8-20(18)29(25,26)22-16-10-9-15-11-12-23(17(15)14-16)21(24)19-7-5-13-28-19/h3-10,13-14,22H,2,11-12H2,1H3. The number of ether oxygens (including phenoxy) is 1. The summed E-state index contributed by atoms with van der Waals surface area (Å²) in [5.41, 5.74) is 2.16. The van der Waals surface area contributed by atoms with Crippen LogP contribution in [0.1, 0.15) is 22.2 Å². The highest BCUT2D eigenvalue weighted by Gasteiger charge is 2.27. The molecule has 0 atom stereocenters. The molecule has 1 aliphatic rings. The smallest absolute Gasteiger partial charge is 0.268 e. The molecule has 0 saturated carbocycles. The molecule has 0 spiro atoms. The van der Waals surface area contributed by atoms with E-state index in [4.69, 9.17) is 4.74 Å². The summed E-state index contributed by atoms with van der Waals surface area (Å²) in [4.78, 5) is 15.2. The zero-order valence-corrected chi connectivity index (χ0v) is 17.4. The highest BCUT2D eigenvalue weighted by molar-refractivity contribution is 7.92. The Bertz CT molecular complexity index is 1140. The van der Waals surface area contributed by atoms with Gasteiger partial charge in [-0.3, -0.25) is 9.52 Å². The Morgan fingerprint density at radius 2 is 2.00 bits per heavy atom. The van der Waals surface area contributed by atoms with Crippen LogP contribution < -0.4 is 14.4 Å². The molecule has 1 N–H and O–H groups in total. The highest BCUT2D eigenvalue weighted by Crippen LogP contribution is 2.34. The quantitative estimate of drug-likeness (QED) is 0.640. The minimum atomic E-state index is -3.84. The number of fused-ring (bicyclic) bond motifs is 1. The van der Waals surface area contributed by atoms with Crippen LogP contribution in [0.2, 0.25) is 0 Å². The molecule has 1 aliphatic heterocycles. The van der Waals surface area contributed by atoms with Crippen molar-refractivity contribution in [1.82, 2.24) is 0 Å². The predicted octanol–water partition coefficient (Wildman–Crippen LogP) is 4.15. The molecule has 0 radical (unpaired) electrons. The summed E-state index contributed by atoms with van der Waals surface area (Å²) in [5.74, 6) is 0.235. The van der Waals surface area contributed by atoms with Gasteiger partial charge in [0.1, 0.15) is 10.6 Å². The first kappa shape index (κ1) is 19.5. The lowest BCUT2D eigenvalue weighted by Gasteiger charge is -2.18. The number of carbonyl (C=O) groups is 1. The largest absolute Gasteiger partial charge is 0.492 e. The number of hydrogen-bond donors (Lipinski definition) is 1. The molecule has 2 heterocycles. The van der Waals surface area contributed by atoms with E-state index in [1.807, 2.05) is 17.5 Å². The minimum Gasteiger partial charge on any atom is -0.492 e. The summed E-state index contributed by atoms with van der Waals surface area (Å²) in [6.45, 7) is 2.75. The number of carbonyl (C=O) groups excluding carboxylic acids is 1. The molecule has 0 unspecified atom stereocenters. The van der Waals surface area contributed by atoms with E-state index in [1.54, 1.807) is 48.2 Å². The second-order valence-corrected chi connectivity index (χ2v) is 9.11. The number of para-hydroxylation sites is 1. The number of nitrogens with zero attached hydrogens (tertiary/aromatic N) is 1. The molecule has 6 nitrogen and oxygen atoms in total. The topological polar surface area (TPSA) is 75.7 Å². The van der Waals surface area contributed by atoms with Crippen molar-refractivity contribution in [1.29, 1.82) is 0 Å². The molecular weight excluding hydrogens is 408 g/mol. The lowest BCUT2D eigenvalue weighted by molar-refractivity contribution is 0.0993. The Morgan fingerprint density at radius 3 is 2.76 bits per heavy atom. The van der Waals surface area contributed by atoms with Crippen molar-refractivity contribution in [2.75, 3.05) is 22.8 Å². The van der Waals surface area contributed by atoms with E-state index >= 15 is 0 Å². The second-order valence-electron chi connectivity index (χ2n) is 6.51. The van der Waals surface area contributed by atoms with Crippen molar-refractivity contribution >= 4 is 38.6 Å². The average molecular weight is 429 g/mol. The molecule has 1 amide bonds. The molecule has 4 rings (SSSR count). The molecule has 0 fully saturated rings. The van der Waals surface area contributed by atoms with E-state index in [9.17, 15) is 13.2 Å². The van der Waals surface area contributed by atoms with Gasteiger partial charge in [0.05, 0.1) is 17.2 Å². The first-order valence-electron chi connectivity index (χ1n) is 9.22. The summed E-state index contributed by atoms with van der Waals surface area (Å²) >= 11 is 1.39. The van der Waals surface area contributed by atoms with Crippen LogP contribution in [0.3, 0.4) is 0 Å². The maximum atomic E-state index is 12.9. The lowest BCUT2D eigenvalue weighted by atomic mass is 10.1. The maximum absolute atomic E-state index is 12.9. The monoisotopic (exact) mass is 428 g/mol. The van der Waals surface area contributed by atoms with Gasteiger partial charge in [-0.1, -0.05) is 24.3 Å². The van der Waals surface area contributed by atoms with Gasteiger partial charge < -0.3 is 9.64 Å². The van der Waals surface area contributed by atoms with Gasteiger partial charge in [0.2, 0.25) is 0 Å². The SMILES string of the molecule is CCOc1ccccc1S(=O)(=O)Nc1ccc2c(c1)N(C(=O)c1cccs1)CC2. The van der Waals surface area contributed by atoms with E-state index in [0.29, 0.717) is 29.5 Å². The number of hydrogen-bond acceptors (Lipinski definition) is 5. The van der Waals surface area contributed by atoms with Gasteiger partial charge in [-0.25, -0.2) is 8.42 Å². The summed E-state index contributed by atoms with van der Waals surface area (Å²) in [7, 11) is -3.84. The maximum Gasteiger partial charge on any atom is 0.268 e. The molecule has 0 bridgehead atoms. The van der Waals surface area contributed by atoms with E-state index in [-0.39, 0.29) is 10.8 Å². The van der Waals surface area contributed by atoms with Crippen molar-refractivity contribution in [3.8, 4) is 5.75 Å². The second kappa shape index (κ2) is 7.88. The molecule has 1 aromatic heterocycles. The van der Waals surface area contributed by atoms with Gasteiger partial charge in [0, 0.05) is 12.2 Å². The fourth-order valence-corrected chi connectivity index (χ4v) is 5.21. The summed E-state index contributed by atoms with van der Waals surface area (Å²) < 4.78 is 33.9. The first-order chi connectivity index (χ1) is 14.0. The van der Waals surface area contributed by atoms with Crippen LogP contribution in [0, 0.1) is 0 Å². The normalized spacial score (nSPS) is 13.2. The zero-order chi connectivity index (χ0) is 20.4. The van der Waals surface area contributed by atoms with Crippen LogP contribution >= 0.6 is 11.3 Å². The van der Waals surface area contributed by atoms with Crippen molar-refractivity contribution in [3.63, 3.8) is 0 Å². The summed E-state index contributed by atoms with van der Waals surface area (Å²) in [6, 6.07) is 15.5. The number of anilines is 2. The summed E-state index contributed by atoms with van der Waals surface area (Å²) in [6.07, 6.45) is 0.743. The third-order valence-corrected chi connectivity index (χ3v) is 6.93. The van der Waals surface area contributed by atoms with Gasteiger partial charge in [-0.2, -0.15) is 0 Å². The molecule has 2 aromatic carbocycles. The van der Waals surface area contributed by atoms with Crippen molar-refractivity contribution in [2.24, 2.45) is 0 Å². The van der Waals surface area contributed by atoms with Crippen molar-refractivity contribution < 1.29 is 17.9 Å². The number of amides is 1. The number of benzene rings is 2. The molecule has 150 valence electrons. The number of rotatable bonds is 6. The Morgan fingerprint density at radius 1 is 1.17 bits per heavy atom. The Kier molecular flexibility index (Phi) is 5.29. The van der Waals surface area contributed by atoms with Crippen LogP contribution in [0.4, 0.5) is 11.4 Å². The van der Waals surface area contributed by atoms with E-state index in [0.717, 1.165) is 17.7 Å². The minimum absolute atomic E-state index is 0.0690. The fourth-order valence-electron chi connectivity index (χ4n) is 3.34.